The van der Waals surface area contributed by atoms with Gasteiger partial charge in [0.1, 0.15) is 0 Å². The van der Waals surface area contributed by atoms with E-state index in [2.05, 4.69) is 0 Å². The molecule has 0 aliphatic heterocycles. The molecule has 3 rings (SSSR count). The van der Waals surface area contributed by atoms with E-state index >= 15 is 0 Å². The summed E-state index contributed by atoms with van der Waals surface area (Å²) in [6.45, 7) is 4.04. The molecule has 2 atom stereocenters. The fourth-order valence-electron chi connectivity index (χ4n) is 3.25. The van der Waals surface area contributed by atoms with Crippen molar-refractivity contribution in [3.05, 3.63) is 35.4 Å². The van der Waals surface area contributed by atoms with E-state index in [1.54, 1.807) is 0 Å². The Labute approximate surface area is 88.3 Å². The van der Waals surface area contributed by atoms with Gasteiger partial charge in [-0.1, -0.05) is 38.1 Å². The maximum absolute atomic E-state index is 11.8. The Morgan fingerprint density at radius 3 is 1.73 bits per heavy atom. The van der Waals surface area contributed by atoms with Crippen molar-refractivity contribution in [1.29, 1.82) is 0 Å². The molecule has 2 heteroatoms. The quantitative estimate of drug-likeness (QED) is 0.600. The summed E-state index contributed by atoms with van der Waals surface area (Å²) in [5.74, 6) is -0.787. The number of hydrogen-bond donors (Lipinski definition) is 0. The van der Waals surface area contributed by atoms with Crippen LogP contribution in [0, 0.1) is 5.41 Å². The van der Waals surface area contributed by atoms with E-state index in [0.717, 1.165) is 11.1 Å². The van der Waals surface area contributed by atoms with Gasteiger partial charge in [0.05, 0.1) is 11.8 Å². The molecule has 0 spiro atoms. The SMILES string of the molecule is CC1(C)C2C(=O)C(=O)C1c1ccccc12. The van der Waals surface area contributed by atoms with E-state index in [1.807, 2.05) is 38.1 Å². The summed E-state index contributed by atoms with van der Waals surface area (Å²) in [6, 6.07) is 7.83. The fourth-order valence-corrected chi connectivity index (χ4v) is 3.25. The summed E-state index contributed by atoms with van der Waals surface area (Å²) < 4.78 is 0. The molecule has 2 aliphatic carbocycles. The lowest BCUT2D eigenvalue weighted by atomic mass is 9.80. The summed E-state index contributed by atoms with van der Waals surface area (Å²) >= 11 is 0. The van der Waals surface area contributed by atoms with Gasteiger partial charge in [-0.3, -0.25) is 9.59 Å². The molecule has 2 unspecified atom stereocenters. The van der Waals surface area contributed by atoms with Crippen molar-refractivity contribution in [2.24, 2.45) is 5.41 Å². The first-order valence-electron chi connectivity index (χ1n) is 5.22. The summed E-state index contributed by atoms with van der Waals surface area (Å²) in [5, 5.41) is 0. The number of carbonyl (C=O) groups excluding carboxylic acids is 2. The van der Waals surface area contributed by atoms with Gasteiger partial charge in [0.15, 0.2) is 0 Å². The molecule has 0 heterocycles. The normalized spacial score (nSPS) is 30.8. The molecule has 1 saturated carbocycles. The van der Waals surface area contributed by atoms with Crippen LogP contribution in [0.1, 0.15) is 36.8 Å². The first-order chi connectivity index (χ1) is 7.05. The zero-order chi connectivity index (χ0) is 10.8. The molecule has 2 aliphatic rings. The Morgan fingerprint density at radius 1 is 0.933 bits per heavy atom. The number of ketones is 2. The summed E-state index contributed by atoms with van der Waals surface area (Å²) in [5.41, 5.74) is 1.91. The first kappa shape index (κ1) is 8.84. The molecule has 1 fully saturated rings. The van der Waals surface area contributed by atoms with Crippen LogP contribution in [0.5, 0.6) is 0 Å². The second kappa shape index (κ2) is 2.38. The van der Waals surface area contributed by atoms with Gasteiger partial charge in [-0.05, 0) is 16.5 Å². The number of fused-ring (bicyclic) bond motifs is 5. The first-order valence-corrected chi connectivity index (χ1v) is 5.22. The second-order valence-electron chi connectivity index (χ2n) is 5.04. The Hall–Kier alpha value is -1.44. The standard InChI is InChI=1S/C13H12O2/c1-13(2)9-7-5-3-4-6-8(7)10(13)12(15)11(9)14/h3-6,9-10H,1-2H3. The average molecular weight is 200 g/mol. The summed E-state index contributed by atoms with van der Waals surface area (Å²) in [7, 11) is 0. The number of carbonyl (C=O) groups is 2. The van der Waals surface area contributed by atoms with Crippen molar-refractivity contribution >= 4 is 11.6 Å². The lowest BCUT2D eigenvalue weighted by molar-refractivity contribution is -0.135. The van der Waals surface area contributed by atoms with Crippen LogP contribution < -0.4 is 0 Å². The van der Waals surface area contributed by atoms with Crippen LogP contribution in [0.15, 0.2) is 24.3 Å². The van der Waals surface area contributed by atoms with Crippen molar-refractivity contribution in [2.45, 2.75) is 25.7 Å². The zero-order valence-electron chi connectivity index (χ0n) is 8.78. The van der Waals surface area contributed by atoms with Gasteiger partial charge in [-0.2, -0.15) is 0 Å². The molecule has 15 heavy (non-hydrogen) atoms. The van der Waals surface area contributed by atoms with Crippen LogP contribution in [0.25, 0.3) is 0 Å². The number of benzene rings is 1. The largest absolute Gasteiger partial charge is 0.290 e. The highest BCUT2D eigenvalue weighted by Gasteiger charge is 2.61. The highest BCUT2D eigenvalue weighted by atomic mass is 16.2. The highest BCUT2D eigenvalue weighted by molar-refractivity contribution is 6.45. The van der Waals surface area contributed by atoms with Crippen LogP contribution in [-0.4, -0.2) is 11.6 Å². The monoisotopic (exact) mass is 200 g/mol. The predicted molar refractivity (Wildman–Crippen MR) is 55.7 cm³/mol. The van der Waals surface area contributed by atoms with E-state index in [0.29, 0.717) is 0 Å². The third-order valence-corrected chi connectivity index (χ3v) is 3.87. The van der Waals surface area contributed by atoms with Crippen LogP contribution >= 0.6 is 0 Å². The van der Waals surface area contributed by atoms with Crippen molar-refractivity contribution in [2.75, 3.05) is 0 Å². The molecule has 0 saturated heterocycles. The van der Waals surface area contributed by atoms with Crippen molar-refractivity contribution in [3.63, 3.8) is 0 Å². The topological polar surface area (TPSA) is 34.1 Å². The van der Waals surface area contributed by atoms with Gasteiger partial charge in [0.2, 0.25) is 11.6 Å². The molecule has 0 aromatic heterocycles. The molecule has 0 N–H and O–H groups in total. The maximum atomic E-state index is 11.8. The lowest BCUT2D eigenvalue weighted by Gasteiger charge is -2.21. The van der Waals surface area contributed by atoms with Gasteiger partial charge in [0, 0.05) is 0 Å². The molecule has 0 radical (unpaired) electrons. The predicted octanol–water partition coefficient (Wildman–Crippen LogP) is 2.05. The van der Waals surface area contributed by atoms with E-state index in [-0.39, 0.29) is 28.8 Å². The minimum absolute atomic E-state index is 0.191. The Kier molecular flexibility index (Phi) is 1.40. The molecular weight excluding hydrogens is 188 g/mol. The lowest BCUT2D eigenvalue weighted by Crippen LogP contribution is -2.20. The zero-order valence-corrected chi connectivity index (χ0v) is 8.78. The van der Waals surface area contributed by atoms with Crippen molar-refractivity contribution in [3.8, 4) is 0 Å². The number of hydrogen-bond acceptors (Lipinski definition) is 2. The smallest absolute Gasteiger partial charge is 0.207 e. The van der Waals surface area contributed by atoms with Gasteiger partial charge in [-0.15, -0.1) is 0 Å². The van der Waals surface area contributed by atoms with E-state index in [1.165, 1.54) is 0 Å². The molecule has 1 aromatic rings. The molecule has 0 amide bonds. The van der Waals surface area contributed by atoms with E-state index in [4.69, 9.17) is 0 Å². The van der Waals surface area contributed by atoms with Gasteiger partial charge >= 0.3 is 0 Å². The minimum Gasteiger partial charge on any atom is -0.290 e. The average Bonchev–Trinajstić information content (AvgIpc) is 2.51. The third kappa shape index (κ3) is 0.811. The van der Waals surface area contributed by atoms with Gasteiger partial charge in [-0.25, -0.2) is 0 Å². The highest BCUT2D eigenvalue weighted by Crippen LogP contribution is 2.60. The van der Waals surface area contributed by atoms with Crippen LogP contribution in [0.2, 0.25) is 0 Å². The summed E-state index contributed by atoms with van der Waals surface area (Å²) in [4.78, 5) is 23.6. The van der Waals surface area contributed by atoms with Crippen LogP contribution in [0.3, 0.4) is 0 Å². The van der Waals surface area contributed by atoms with Crippen LogP contribution in [-0.2, 0) is 9.59 Å². The van der Waals surface area contributed by atoms with Crippen LogP contribution in [0.4, 0.5) is 0 Å². The fraction of sp³-hybridized carbons (Fsp3) is 0.385. The second-order valence-corrected chi connectivity index (χ2v) is 5.04. The third-order valence-electron chi connectivity index (χ3n) is 3.87. The van der Waals surface area contributed by atoms with E-state index in [9.17, 15) is 9.59 Å². The molecular formula is C13H12O2. The van der Waals surface area contributed by atoms with Gasteiger partial charge < -0.3 is 0 Å². The minimum atomic E-state index is -0.224. The Morgan fingerprint density at radius 2 is 1.33 bits per heavy atom. The molecule has 2 bridgehead atoms. The number of rotatable bonds is 0. The maximum Gasteiger partial charge on any atom is 0.207 e. The Balaban J connectivity index is 2.33. The van der Waals surface area contributed by atoms with Crippen molar-refractivity contribution in [1.82, 2.24) is 0 Å². The number of Topliss-reactive ketones (excluding diaryl/α,β-unsaturated/α-hetero) is 2. The van der Waals surface area contributed by atoms with Gasteiger partial charge in [0.25, 0.3) is 0 Å². The van der Waals surface area contributed by atoms with E-state index < -0.39 is 0 Å². The van der Waals surface area contributed by atoms with Crippen molar-refractivity contribution < 1.29 is 9.59 Å². The molecule has 76 valence electrons. The summed E-state index contributed by atoms with van der Waals surface area (Å²) in [6.07, 6.45) is 0. The Bertz CT molecular complexity index is 442. The molecule has 2 nitrogen and oxygen atoms in total. The molecule has 1 aromatic carbocycles.